The Kier molecular flexibility index (Phi) is 7.78. The lowest BCUT2D eigenvalue weighted by molar-refractivity contribution is -0.192. The lowest BCUT2D eigenvalue weighted by Gasteiger charge is -2.13. The molecule has 3 rings (SSSR count). The fourth-order valence-corrected chi connectivity index (χ4v) is 3.52. The van der Waals surface area contributed by atoms with Gasteiger partial charge in [-0.1, -0.05) is 13.0 Å². The summed E-state index contributed by atoms with van der Waals surface area (Å²) in [6, 6.07) is 8.05. The summed E-state index contributed by atoms with van der Waals surface area (Å²) in [5.41, 5.74) is 9.25. The number of nitrogens with one attached hydrogen (secondary N) is 1. The molecule has 0 atom stereocenters. The number of pyridine rings is 1. The third-order valence-corrected chi connectivity index (χ3v) is 5.08. The number of aryl methyl sites for hydroxylation is 1. The van der Waals surface area contributed by atoms with Gasteiger partial charge in [-0.25, -0.2) is 9.59 Å². The number of carboxylic acid groups (broad SMARTS) is 2. The number of alkyl halides is 3. The summed E-state index contributed by atoms with van der Waals surface area (Å²) in [5.74, 6) is -4.07. The van der Waals surface area contributed by atoms with Crippen molar-refractivity contribution in [1.82, 2.24) is 14.5 Å². The van der Waals surface area contributed by atoms with Gasteiger partial charge in [0.25, 0.3) is 5.56 Å². The molecule has 0 bridgehead atoms. The molecular formula is C22H25F3N4O5. The third kappa shape index (κ3) is 5.57. The Hall–Kier alpha value is -3.80. The minimum Gasteiger partial charge on any atom is -0.477 e. The maximum Gasteiger partial charge on any atom is 0.490 e. The number of carboxylic acids is 2. The van der Waals surface area contributed by atoms with Gasteiger partial charge in [0.05, 0.1) is 11.4 Å². The van der Waals surface area contributed by atoms with Gasteiger partial charge in [0, 0.05) is 35.8 Å². The summed E-state index contributed by atoms with van der Waals surface area (Å²) in [4.78, 5) is 37.3. The van der Waals surface area contributed by atoms with Crippen LogP contribution in [-0.4, -0.2) is 56.9 Å². The molecule has 0 spiro atoms. The molecule has 0 saturated heterocycles. The van der Waals surface area contributed by atoms with E-state index < -0.39 is 29.2 Å². The van der Waals surface area contributed by atoms with Gasteiger partial charge < -0.3 is 30.4 Å². The Labute approximate surface area is 192 Å². The highest BCUT2D eigenvalue weighted by atomic mass is 19.4. The Morgan fingerprint density at radius 1 is 1.18 bits per heavy atom. The molecule has 0 unspecified atom stereocenters. The van der Waals surface area contributed by atoms with Crippen LogP contribution in [-0.2, 0) is 24.8 Å². The average Bonchev–Trinajstić information content (AvgIpc) is 3.01. The molecule has 0 saturated carbocycles. The van der Waals surface area contributed by atoms with Gasteiger partial charge >= 0.3 is 18.1 Å². The van der Waals surface area contributed by atoms with Crippen LogP contribution < -0.4 is 11.3 Å². The highest BCUT2D eigenvalue weighted by molar-refractivity contribution is 5.96. The fraction of sp³-hybridized carbons (Fsp3) is 0.318. The van der Waals surface area contributed by atoms with Crippen molar-refractivity contribution < 1.29 is 33.0 Å². The van der Waals surface area contributed by atoms with Crippen molar-refractivity contribution in [2.45, 2.75) is 26.1 Å². The number of hydrogen-bond acceptors (Lipinski definition) is 5. The van der Waals surface area contributed by atoms with Gasteiger partial charge in [0.1, 0.15) is 5.56 Å². The first-order valence-electron chi connectivity index (χ1n) is 10.00. The van der Waals surface area contributed by atoms with E-state index >= 15 is 0 Å². The van der Waals surface area contributed by atoms with Crippen LogP contribution in [0, 0.1) is 0 Å². The molecule has 9 nitrogen and oxygen atoms in total. The number of fused-ring (bicyclic) bond motifs is 1. The first-order valence-corrected chi connectivity index (χ1v) is 10.00. The normalized spacial score (nSPS) is 11.4. The van der Waals surface area contributed by atoms with Gasteiger partial charge in [-0.15, -0.1) is 0 Å². The minimum atomic E-state index is -5.08. The minimum absolute atomic E-state index is 0.0326. The molecule has 0 aliphatic rings. The number of nitrogens with zero attached hydrogens (tertiary/aromatic N) is 2. The van der Waals surface area contributed by atoms with Crippen LogP contribution in [0.4, 0.5) is 18.9 Å². The number of rotatable bonds is 5. The number of nitrogen functional groups attached to an aromatic ring is 1. The highest BCUT2D eigenvalue weighted by Gasteiger charge is 2.38. The number of aromatic carboxylic acids is 1. The molecule has 3 aromatic rings. The van der Waals surface area contributed by atoms with E-state index in [-0.39, 0.29) is 5.69 Å². The zero-order chi connectivity index (χ0) is 26.0. The van der Waals surface area contributed by atoms with Crippen molar-refractivity contribution in [2.24, 2.45) is 7.05 Å². The second-order valence-electron chi connectivity index (χ2n) is 7.76. The van der Waals surface area contributed by atoms with Gasteiger partial charge in [-0.05, 0) is 44.3 Å². The first-order chi connectivity index (χ1) is 15.7. The summed E-state index contributed by atoms with van der Waals surface area (Å²) < 4.78 is 33.9. The van der Waals surface area contributed by atoms with Gasteiger partial charge in [-0.2, -0.15) is 13.2 Å². The van der Waals surface area contributed by atoms with Crippen molar-refractivity contribution >= 4 is 28.5 Å². The van der Waals surface area contributed by atoms with Crippen LogP contribution >= 0.6 is 0 Å². The summed E-state index contributed by atoms with van der Waals surface area (Å²) in [6.45, 7) is 2.70. The molecule has 2 aromatic heterocycles. The average molecular weight is 482 g/mol. The van der Waals surface area contributed by atoms with Crippen LogP contribution in [0.5, 0.6) is 0 Å². The van der Waals surface area contributed by atoms with E-state index in [0.29, 0.717) is 17.7 Å². The zero-order valence-corrected chi connectivity index (χ0v) is 18.9. The second-order valence-corrected chi connectivity index (χ2v) is 7.76. The Morgan fingerprint density at radius 3 is 2.24 bits per heavy atom. The topological polar surface area (TPSA) is 142 Å². The predicted octanol–water partition coefficient (Wildman–Crippen LogP) is 3.07. The first kappa shape index (κ1) is 26.5. The van der Waals surface area contributed by atoms with Crippen molar-refractivity contribution in [2.75, 3.05) is 19.8 Å². The molecule has 0 fully saturated rings. The number of aromatic amines is 1. The molecular weight excluding hydrogens is 457 g/mol. The quantitative estimate of drug-likeness (QED) is 0.438. The number of aromatic nitrogens is 2. The van der Waals surface area contributed by atoms with Crippen LogP contribution in [0.1, 0.15) is 28.5 Å². The van der Waals surface area contributed by atoms with Crippen molar-refractivity contribution in [3.8, 4) is 11.3 Å². The number of carbonyl (C=O) groups is 2. The monoisotopic (exact) mass is 482 g/mol. The number of nitrogens with two attached hydrogens (primary N) is 1. The standard InChI is InChI=1S/C20H24N4O3.C2HF3O2/c1-5-14-17(21)16(20(26)27)19(25)22-18(14)11-6-7-15-12(8-11)9-13(24(15)4)10-23(2)3;3-2(4,5)1(6)7/h6-9H,5,10H2,1-4H3,(H,26,27)(H3,21,22,25);(H,6,7). The lowest BCUT2D eigenvalue weighted by atomic mass is 9.99. The van der Waals surface area contributed by atoms with E-state index in [0.717, 1.165) is 23.0 Å². The fourth-order valence-electron chi connectivity index (χ4n) is 3.52. The molecule has 34 heavy (non-hydrogen) atoms. The number of anilines is 1. The Bertz CT molecular complexity index is 1290. The van der Waals surface area contributed by atoms with Crippen molar-refractivity contribution in [1.29, 1.82) is 0 Å². The largest absolute Gasteiger partial charge is 0.490 e. The summed E-state index contributed by atoms with van der Waals surface area (Å²) >= 11 is 0. The maximum atomic E-state index is 12.3. The van der Waals surface area contributed by atoms with Gasteiger partial charge in [0.15, 0.2) is 0 Å². The highest BCUT2D eigenvalue weighted by Crippen LogP contribution is 2.30. The van der Waals surface area contributed by atoms with Crippen LogP contribution in [0.2, 0.25) is 0 Å². The van der Waals surface area contributed by atoms with E-state index in [1.54, 1.807) is 0 Å². The number of H-pyrrole nitrogens is 1. The molecule has 0 amide bonds. The Morgan fingerprint density at radius 2 is 1.76 bits per heavy atom. The molecule has 5 N–H and O–H groups in total. The molecule has 12 heteroatoms. The van der Waals surface area contributed by atoms with Crippen LogP contribution in [0.3, 0.4) is 0 Å². The third-order valence-electron chi connectivity index (χ3n) is 5.08. The molecule has 184 valence electrons. The lowest BCUT2D eigenvalue weighted by Crippen LogP contribution is -2.22. The summed E-state index contributed by atoms with van der Waals surface area (Å²) in [5, 5.41) is 17.4. The Balaban J connectivity index is 0.000000509. The van der Waals surface area contributed by atoms with E-state index in [1.165, 1.54) is 5.69 Å². The summed E-state index contributed by atoms with van der Waals surface area (Å²) in [7, 11) is 6.07. The van der Waals surface area contributed by atoms with Gasteiger partial charge in [0.2, 0.25) is 0 Å². The van der Waals surface area contributed by atoms with Crippen molar-refractivity contribution in [3.63, 3.8) is 0 Å². The van der Waals surface area contributed by atoms with Crippen LogP contribution in [0.15, 0.2) is 29.1 Å². The molecule has 2 heterocycles. The molecule has 0 aliphatic carbocycles. The zero-order valence-electron chi connectivity index (χ0n) is 18.9. The number of aliphatic carboxylic acids is 1. The maximum absolute atomic E-state index is 12.3. The second kappa shape index (κ2) is 10.00. The number of benzene rings is 1. The van der Waals surface area contributed by atoms with Crippen molar-refractivity contribution in [3.05, 3.63) is 51.4 Å². The SMILES string of the molecule is CCc1c(-c2ccc3c(c2)cc(CN(C)C)n3C)[nH]c(=O)c(C(=O)O)c1N.O=C(O)C(F)(F)F. The van der Waals surface area contributed by atoms with E-state index in [2.05, 4.69) is 20.5 Å². The van der Waals surface area contributed by atoms with Gasteiger partial charge in [-0.3, -0.25) is 4.79 Å². The summed E-state index contributed by atoms with van der Waals surface area (Å²) in [6.07, 6.45) is -4.57. The van der Waals surface area contributed by atoms with Crippen LogP contribution in [0.25, 0.3) is 22.2 Å². The number of hydrogen-bond donors (Lipinski definition) is 4. The predicted molar refractivity (Wildman–Crippen MR) is 121 cm³/mol. The number of halogens is 3. The smallest absolute Gasteiger partial charge is 0.477 e. The molecule has 1 aromatic carbocycles. The molecule has 0 radical (unpaired) electrons. The molecule has 0 aliphatic heterocycles. The van der Waals surface area contributed by atoms with E-state index in [1.807, 2.05) is 46.3 Å². The van der Waals surface area contributed by atoms with E-state index in [9.17, 15) is 27.9 Å². The van der Waals surface area contributed by atoms with E-state index in [4.69, 9.17) is 15.6 Å².